The Balaban J connectivity index is 0.00000193. The molecule has 0 N–H and O–H groups in total. The van der Waals surface area contributed by atoms with E-state index in [1.165, 1.54) is 11.0 Å². The number of nitriles is 1. The van der Waals surface area contributed by atoms with Crippen LogP contribution in [0.25, 0.3) is 0 Å². The van der Waals surface area contributed by atoms with E-state index in [1.54, 1.807) is 35.2 Å². The molecule has 0 bridgehead atoms. The van der Waals surface area contributed by atoms with Crippen LogP contribution in [0.5, 0.6) is 5.75 Å². The van der Waals surface area contributed by atoms with Crippen molar-refractivity contribution in [3.8, 4) is 11.8 Å². The van der Waals surface area contributed by atoms with Crippen LogP contribution < -0.4 is 14.5 Å². The summed E-state index contributed by atoms with van der Waals surface area (Å²) in [5.41, 5.74) is -0.837. The molecule has 2 atom stereocenters. The Morgan fingerprint density at radius 3 is 2.03 bits per heavy atom. The summed E-state index contributed by atoms with van der Waals surface area (Å²) in [5, 5.41) is 9.06. The van der Waals surface area contributed by atoms with E-state index in [9.17, 15) is 22.8 Å². The van der Waals surface area contributed by atoms with Crippen LogP contribution in [-0.2, 0) is 11.0 Å². The molecule has 0 unspecified atom stereocenters. The molecule has 2 aliphatic rings. The van der Waals surface area contributed by atoms with Gasteiger partial charge in [-0.1, -0.05) is 12.8 Å². The van der Waals surface area contributed by atoms with Crippen LogP contribution in [0.2, 0.25) is 0 Å². The zero-order valence-corrected chi connectivity index (χ0v) is 19.3. The van der Waals surface area contributed by atoms with Gasteiger partial charge < -0.3 is 4.74 Å². The maximum absolute atomic E-state index is 13.5. The number of nitrogens with zero attached hydrogens (tertiary/aromatic N) is 3. The number of ether oxygens (including phenoxy) is 1. The molecule has 4 rings (SSSR count). The van der Waals surface area contributed by atoms with Gasteiger partial charge in [-0.25, -0.2) is 4.79 Å². The summed E-state index contributed by atoms with van der Waals surface area (Å²) in [4.78, 5) is 26.9. The number of alkyl halides is 3. The predicted octanol–water partition coefficient (Wildman–Crippen LogP) is 5.10. The maximum atomic E-state index is 13.5. The van der Waals surface area contributed by atoms with E-state index in [0.717, 1.165) is 31.4 Å². The third-order valence-corrected chi connectivity index (χ3v) is 5.78. The number of hydrogen-bond acceptors (Lipinski definition) is 4. The van der Waals surface area contributed by atoms with E-state index in [2.05, 4.69) is 0 Å². The van der Waals surface area contributed by atoms with Gasteiger partial charge in [0.25, 0.3) is 6.47 Å². The predicted molar refractivity (Wildman–Crippen MR) is 126 cm³/mol. The molecule has 1 aliphatic carbocycles. The van der Waals surface area contributed by atoms with Crippen molar-refractivity contribution in [2.75, 3.05) is 9.80 Å². The number of halogens is 3. The molecule has 176 valence electrons. The Morgan fingerprint density at radius 1 is 0.970 bits per heavy atom. The minimum absolute atomic E-state index is 0. The fourth-order valence-electron chi connectivity index (χ4n) is 4.45. The molecule has 2 aromatic rings. The van der Waals surface area contributed by atoms with Gasteiger partial charge in [0, 0.05) is 11.4 Å². The molecule has 0 radical (unpaired) electrons. The highest BCUT2D eigenvalue weighted by atomic mass is 32.1. The summed E-state index contributed by atoms with van der Waals surface area (Å²) < 4.78 is 45.2. The zero-order chi connectivity index (χ0) is 22.2. The first kappa shape index (κ1) is 26.4. The Kier molecular flexibility index (Phi) is 8.32. The third-order valence-electron chi connectivity index (χ3n) is 5.78. The Hall–Kier alpha value is -2.84. The number of amides is 2. The van der Waals surface area contributed by atoms with Gasteiger partial charge in [-0.05, 0) is 55.3 Å². The highest BCUT2D eigenvalue weighted by Crippen LogP contribution is 2.42. The molecule has 1 saturated heterocycles. The van der Waals surface area contributed by atoms with E-state index in [0.29, 0.717) is 24.3 Å². The second-order valence-corrected chi connectivity index (χ2v) is 7.49. The minimum atomic E-state index is -4.70. The lowest BCUT2D eigenvalue weighted by atomic mass is 9.89. The molecule has 2 aromatic carbocycles. The average Bonchev–Trinajstić information content (AvgIpc) is 3.05. The van der Waals surface area contributed by atoms with Gasteiger partial charge in [0.1, 0.15) is 5.75 Å². The molecule has 0 spiro atoms. The summed E-state index contributed by atoms with van der Waals surface area (Å²) >= 11 is 0. The summed E-state index contributed by atoms with van der Waals surface area (Å²) in [7, 11) is 0. The first-order chi connectivity index (χ1) is 14.8. The quantitative estimate of drug-likeness (QED) is 0.551. The lowest BCUT2D eigenvalue weighted by Gasteiger charge is -2.32. The number of anilines is 2. The Morgan fingerprint density at radius 2 is 1.52 bits per heavy atom. The average molecular weight is 498 g/mol. The van der Waals surface area contributed by atoms with Crippen molar-refractivity contribution in [1.29, 1.82) is 5.26 Å². The summed E-state index contributed by atoms with van der Waals surface area (Å²) in [6.07, 6.45) is -1.54. The number of fused-ring (bicyclic) bond motifs is 1. The van der Waals surface area contributed by atoms with Crippen LogP contribution >= 0.6 is 27.0 Å². The molecule has 33 heavy (non-hydrogen) atoms. The van der Waals surface area contributed by atoms with Gasteiger partial charge in [-0.15, -0.1) is 0 Å². The van der Waals surface area contributed by atoms with Crippen LogP contribution in [-0.4, -0.2) is 24.6 Å². The van der Waals surface area contributed by atoms with Gasteiger partial charge in [0.05, 0.1) is 29.3 Å². The van der Waals surface area contributed by atoms with Crippen LogP contribution in [0.3, 0.4) is 0 Å². The molecule has 0 aromatic heterocycles. The van der Waals surface area contributed by atoms with Gasteiger partial charge in [0.2, 0.25) is 0 Å². The first-order valence-electron chi connectivity index (χ1n) is 9.79. The monoisotopic (exact) mass is 497 g/mol. The molecular formula is C22H22F3N3O3S2. The second kappa shape index (κ2) is 10.4. The van der Waals surface area contributed by atoms with Gasteiger partial charge in [0.15, 0.2) is 0 Å². The molecule has 1 saturated carbocycles. The lowest BCUT2D eigenvalue weighted by Crippen LogP contribution is -2.40. The van der Waals surface area contributed by atoms with Crippen LogP contribution in [0, 0.1) is 11.3 Å². The lowest BCUT2D eigenvalue weighted by molar-refractivity contribution is -0.137. The van der Waals surface area contributed by atoms with Crippen LogP contribution in [0.15, 0.2) is 42.5 Å². The number of benzene rings is 2. The standard InChI is InChI=1S/C22H18F3N3O3.2H2S/c23-22(24,25)18-11-16(6-5-14(18)12-26)28-20-4-2-1-3-19(20)27(21(28)30)15-7-9-17(10-8-15)31-13-29;;/h5-11,13,19-20H,1-4H2;2*1H2/t19-,20-;;/m0../s1. The summed E-state index contributed by atoms with van der Waals surface area (Å²) in [6, 6.07) is 10.5. The number of rotatable bonds is 4. The highest BCUT2D eigenvalue weighted by molar-refractivity contribution is 7.59. The summed E-state index contributed by atoms with van der Waals surface area (Å²) in [5.74, 6) is 0.323. The van der Waals surface area contributed by atoms with E-state index in [1.807, 2.05) is 0 Å². The van der Waals surface area contributed by atoms with Crippen LogP contribution in [0.4, 0.5) is 29.3 Å². The van der Waals surface area contributed by atoms with E-state index < -0.39 is 23.3 Å². The van der Waals surface area contributed by atoms with Crippen molar-refractivity contribution in [1.82, 2.24) is 0 Å². The van der Waals surface area contributed by atoms with Gasteiger partial charge in [-0.3, -0.25) is 14.6 Å². The second-order valence-electron chi connectivity index (χ2n) is 7.49. The van der Waals surface area contributed by atoms with Gasteiger partial charge >= 0.3 is 12.2 Å². The number of urea groups is 1. The first-order valence-corrected chi connectivity index (χ1v) is 9.79. The molecule has 2 fully saturated rings. The van der Waals surface area contributed by atoms with E-state index >= 15 is 0 Å². The van der Waals surface area contributed by atoms with Crippen molar-refractivity contribution in [2.45, 2.75) is 43.9 Å². The van der Waals surface area contributed by atoms with Crippen LogP contribution in [0.1, 0.15) is 36.8 Å². The van der Waals surface area contributed by atoms with Crippen molar-refractivity contribution in [3.63, 3.8) is 0 Å². The van der Waals surface area contributed by atoms with Gasteiger partial charge in [-0.2, -0.15) is 45.4 Å². The molecule has 6 nitrogen and oxygen atoms in total. The van der Waals surface area contributed by atoms with E-state index in [-0.39, 0.29) is 44.8 Å². The number of hydrogen-bond donors (Lipinski definition) is 0. The summed E-state index contributed by atoms with van der Waals surface area (Å²) in [6.45, 7) is 0.304. The number of carbonyl (C=O) groups excluding carboxylic acids is 2. The van der Waals surface area contributed by atoms with Crippen molar-refractivity contribution >= 4 is 50.9 Å². The highest BCUT2D eigenvalue weighted by Gasteiger charge is 2.48. The fraction of sp³-hybridized carbons (Fsp3) is 0.318. The topological polar surface area (TPSA) is 73.6 Å². The van der Waals surface area contributed by atoms with E-state index in [4.69, 9.17) is 10.00 Å². The largest absolute Gasteiger partial charge is 0.429 e. The Labute approximate surface area is 202 Å². The Bertz CT molecular complexity index is 1060. The number of carbonyl (C=O) groups is 2. The van der Waals surface area contributed by atoms with Crippen molar-refractivity contribution in [2.24, 2.45) is 0 Å². The van der Waals surface area contributed by atoms with Crippen molar-refractivity contribution < 1.29 is 27.5 Å². The molecule has 1 heterocycles. The molecule has 1 aliphatic heterocycles. The molecule has 11 heteroatoms. The fourth-order valence-corrected chi connectivity index (χ4v) is 4.45. The van der Waals surface area contributed by atoms with Crippen molar-refractivity contribution in [3.05, 3.63) is 53.6 Å². The minimum Gasteiger partial charge on any atom is -0.429 e. The zero-order valence-electron chi connectivity index (χ0n) is 17.3. The molecular weight excluding hydrogens is 475 g/mol. The SMILES string of the molecule is N#Cc1ccc(N2C(=O)N(c3ccc(OC=O)cc3)[C@H]3CCCC[C@@H]32)cc1C(F)(F)F.S.S. The molecule has 2 amide bonds. The third kappa shape index (κ3) is 4.91. The normalized spacial score (nSPS) is 19.6. The smallest absolute Gasteiger partial charge is 0.417 e. The maximum Gasteiger partial charge on any atom is 0.417 e.